The van der Waals surface area contributed by atoms with Crippen LogP contribution in [0.15, 0.2) is 12.2 Å². The monoisotopic (exact) mass is 1760 g/mol. The highest BCUT2D eigenvalue weighted by molar-refractivity contribution is 7.47. The van der Waals surface area contributed by atoms with E-state index in [9.17, 15) is 74.6 Å². The third-order valence-corrected chi connectivity index (χ3v) is 25.7. The number of ether oxygens (including phenoxy) is 8. The van der Waals surface area contributed by atoms with Gasteiger partial charge >= 0.3 is 31.7 Å². The molecule has 1 aliphatic carbocycles. The van der Waals surface area contributed by atoms with E-state index in [-0.39, 0.29) is 25.7 Å². The summed E-state index contributed by atoms with van der Waals surface area (Å²) in [7, 11) is -5.81. The van der Waals surface area contributed by atoms with Gasteiger partial charge in [0.1, 0.15) is 92.6 Å². The van der Waals surface area contributed by atoms with Crippen LogP contribution in [-0.4, -0.2) is 205 Å². The van der Waals surface area contributed by atoms with E-state index < -0.39 is 162 Å². The molecule has 0 aromatic rings. The summed E-state index contributed by atoms with van der Waals surface area (Å²) in [5.41, 5.74) is 0. The highest BCUT2D eigenvalue weighted by Crippen LogP contribution is 2.49. The Kier molecular flexibility index (Phi) is 68.7. The van der Waals surface area contributed by atoms with Gasteiger partial charge in [0.25, 0.3) is 0 Å². The van der Waals surface area contributed by atoms with Crippen LogP contribution in [0.4, 0.5) is 0 Å². The molecule has 19 atom stereocenters. The first-order valence-electron chi connectivity index (χ1n) is 49.8. The third kappa shape index (κ3) is 53.4. The van der Waals surface area contributed by atoms with Gasteiger partial charge in [0.15, 0.2) is 24.8 Å². The Labute approximate surface area is 737 Å². The average molecular weight is 1760 g/mol. The van der Waals surface area contributed by atoms with Crippen LogP contribution in [0.2, 0.25) is 0 Å². The molecule has 0 aromatic carbocycles. The number of esters is 4. The first-order valence-corrected chi connectivity index (χ1v) is 51.3. The normalized spacial score (nSPS) is 24.8. The van der Waals surface area contributed by atoms with Crippen molar-refractivity contribution in [2.45, 2.75) is 543 Å². The summed E-state index contributed by atoms with van der Waals surface area (Å²) in [5, 5.41) is 103. The smallest absolute Gasteiger partial charge is 0.463 e. The first-order chi connectivity index (χ1) is 59.1. The van der Waals surface area contributed by atoms with Crippen LogP contribution in [0.25, 0.3) is 0 Å². The van der Waals surface area contributed by atoms with Crippen molar-refractivity contribution in [1.29, 1.82) is 0 Å². The van der Waals surface area contributed by atoms with Gasteiger partial charge in [-0.3, -0.25) is 28.2 Å². The largest absolute Gasteiger partial charge is 0.472 e. The number of hydrogen-bond acceptors (Lipinski definition) is 24. The number of carbonyl (C=O) groups excluding carboxylic acids is 4. The minimum atomic E-state index is -5.81. The van der Waals surface area contributed by atoms with Crippen molar-refractivity contribution < 1.29 is 122 Å². The Hall–Kier alpha value is -2.79. The molecule has 3 rings (SSSR count). The van der Waals surface area contributed by atoms with Crippen molar-refractivity contribution >= 4 is 31.7 Å². The van der Waals surface area contributed by atoms with Crippen LogP contribution < -0.4 is 0 Å². The van der Waals surface area contributed by atoms with Gasteiger partial charge in [-0.1, -0.05) is 374 Å². The van der Waals surface area contributed by atoms with Crippen molar-refractivity contribution in [2.24, 2.45) is 5.92 Å². The number of aliphatic hydroxyl groups excluding tert-OH is 9. The summed E-state index contributed by atoms with van der Waals surface area (Å²) < 4.78 is 73.7. The second-order valence-corrected chi connectivity index (χ2v) is 37.3. The standard InChI is InChI=1S/C96H179O25P/c1-6-10-14-18-22-25-28-31-34-37-39-42-45-48-55-62-68-80(99)113-74-78-84(103)86(105)90(109)96(117-78)120-93-91(118-82(101)70-64-58-50-47-44-41-38-35-32-29-26-23-19-15-11-7-2)87(106)88(107)92(119-95-89(108)85(104)83(102)77(71-97)116-95)94(93)121-122(110,111)114-73-76(115-81(100)69-63-57-49-46-43-40-36-33-30-27-24-20-16-12-8-3)72-112-79(98)67-61-56-52-51-54-60-66-75(5)65-59-53-21-17-13-9-4/h27,30,75-78,83-97,102-109H,6-26,28-29,31-74H2,1-5H3,(H,110,111)/b30-27-. The van der Waals surface area contributed by atoms with E-state index in [0.717, 1.165) is 141 Å². The molecule has 10 N–H and O–H groups in total. The lowest BCUT2D eigenvalue weighted by molar-refractivity contribution is -0.360. The van der Waals surface area contributed by atoms with E-state index in [1.54, 1.807) is 0 Å². The van der Waals surface area contributed by atoms with Gasteiger partial charge in [-0.2, -0.15) is 0 Å². The Balaban J connectivity index is 1.90. The predicted molar refractivity (Wildman–Crippen MR) is 476 cm³/mol. The molecular formula is C96H179O25P. The van der Waals surface area contributed by atoms with Gasteiger partial charge in [0.05, 0.1) is 13.2 Å². The van der Waals surface area contributed by atoms with Crippen LogP contribution in [0, 0.1) is 5.92 Å². The number of rotatable bonds is 81. The second-order valence-electron chi connectivity index (χ2n) is 35.9. The fourth-order valence-electron chi connectivity index (χ4n) is 16.7. The summed E-state index contributed by atoms with van der Waals surface area (Å²) in [6, 6.07) is 0. The molecule has 122 heavy (non-hydrogen) atoms. The third-order valence-electron chi connectivity index (χ3n) is 24.7. The SMILES string of the molecule is CCCCCC/C=C\CCCCCCCCCC(=O)OC(COC(=O)CCCCCCCCC(C)CCCCCCCC)COP(=O)(O)OC1C(OC2OC(CO)C(O)C(O)C2O)C(O)C(O)C(OC(=O)CCCCCCCCCCCCCCCCCC)C1OC1OC(COC(=O)CCCCCCCCCCCCCCCCCC)C(O)C(O)C1O. The zero-order valence-electron chi connectivity index (χ0n) is 77.0. The minimum absolute atomic E-state index is 0.0189. The number of phosphoric acid groups is 1. The maximum absolute atomic E-state index is 14.9. The molecule has 0 aromatic heterocycles. The van der Waals surface area contributed by atoms with E-state index in [1.165, 1.54) is 199 Å². The fourth-order valence-corrected chi connectivity index (χ4v) is 17.6. The predicted octanol–water partition coefficient (Wildman–Crippen LogP) is 19.4. The molecule has 2 aliphatic heterocycles. The molecule has 2 heterocycles. The molecule has 0 spiro atoms. The summed E-state index contributed by atoms with van der Waals surface area (Å²) >= 11 is 0. The van der Waals surface area contributed by atoms with Crippen molar-refractivity contribution in [3.63, 3.8) is 0 Å². The average Bonchev–Trinajstić information content (AvgIpc) is 0.753. The molecule has 26 heteroatoms. The van der Waals surface area contributed by atoms with Gasteiger partial charge in [0.2, 0.25) is 0 Å². The molecule has 3 fully saturated rings. The van der Waals surface area contributed by atoms with Crippen LogP contribution in [0.1, 0.15) is 439 Å². The van der Waals surface area contributed by atoms with Gasteiger partial charge in [0, 0.05) is 25.7 Å². The number of hydrogen-bond donors (Lipinski definition) is 10. The zero-order chi connectivity index (χ0) is 89.1. The van der Waals surface area contributed by atoms with Crippen LogP contribution in [-0.2, 0) is 70.7 Å². The lowest BCUT2D eigenvalue weighted by Crippen LogP contribution is -2.70. The molecule has 19 unspecified atom stereocenters. The molecule has 0 amide bonds. The highest BCUT2D eigenvalue weighted by atomic mass is 31.2. The van der Waals surface area contributed by atoms with Crippen LogP contribution >= 0.6 is 7.82 Å². The summed E-state index contributed by atoms with van der Waals surface area (Å²) in [4.78, 5) is 66.7. The number of allylic oxidation sites excluding steroid dienone is 2. The number of carbonyl (C=O) groups is 4. The zero-order valence-corrected chi connectivity index (χ0v) is 77.9. The molecule has 1 saturated carbocycles. The molecule has 0 bridgehead atoms. The van der Waals surface area contributed by atoms with Crippen molar-refractivity contribution in [2.75, 3.05) is 26.4 Å². The van der Waals surface area contributed by atoms with Crippen molar-refractivity contribution in [3.05, 3.63) is 12.2 Å². The summed E-state index contributed by atoms with van der Waals surface area (Å²) in [6.07, 6.45) is 33.1. The lowest BCUT2D eigenvalue weighted by atomic mass is 9.84. The second kappa shape index (κ2) is 73.9. The Morgan fingerprint density at radius 3 is 1.07 bits per heavy atom. The molecule has 3 aliphatic rings. The topological polar surface area (TPSA) is 380 Å². The fraction of sp³-hybridized carbons (Fsp3) is 0.938. The Morgan fingerprint density at radius 1 is 0.344 bits per heavy atom. The number of unbranched alkanes of at least 4 members (excludes halogenated alkanes) is 51. The van der Waals surface area contributed by atoms with Gasteiger partial charge < -0.3 is 88.7 Å². The van der Waals surface area contributed by atoms with E-state index in [1.807, 2.05) is 0 Å². The molecule has 25 nitrogen and oxygen atoms in total. The van der Waals surface area contributed by atoms with E-state index >= 15 is 0 Å². The van der Waals surface area contributed by atoms with Crippen molar-refractivity contribution in [3.8, 4) is 0 Å². The van der Waals surface area contributed by atoms with Gasteiger partial charge in [-0.05, 0) is 57.3 Å². The van der Waals surface area contributed by atoms with E-state index in [0.29, 0.717) is 44.4 Å². The quantitative estimate of drug-likeness (QED) is 0.00889. The maximum atomic E-state index is 14.9. The van der Waals surface area contributed by atoms with E-state index in [4.69, 9.17) is 46.9 Å². The molecular weight excluding hydrogens is 1580 g/mol. The molecule has 718 valence electrons. The first kappa shape index (κ1) is 113. The van der Waals surface area contributed by atoms with E-state index in [2.05, 4.69) is 46.8 Å². The Bertz CT molecular complexity index is 2590. The lowest BCUT2D eigenvalue weighted by Gasteiger charge is -2.50. The minimum Gasteiger partial charge on any atom is -0.463 e. The van der Waals surface area contributed by atoms with Gasteiger partial charge in [-0.15, -0.1) is 0 Å². The summed E-state index contributed by atoms with van der Waals surface area (Å²) in [5.74, 6) is -2.26. The van der Waals surface area contributed by atoms with Crippen LogP contribution in [0.5, 0.6) is 0 Å². The number of phosphoric ester groups is 1. The van der Waals surface area contributed by atoms with Gasteiger partial charge in [-0.25, -0.2) is 4.57 Å². The highest BCUT2D eigenvalue weighted by Gasteiger charge is 2.60. The molecule has 0 radical (unpaired) electrons. The van der Waals surface area contributed by atoms with Crippen LogP contribution in [0.3, 0.4) is 0 Å². The molecule has 2 saturated heterocycles. The van der Waals surface area contributed by atoms with Crippen molar-refractivity contribution in [1.82, 2.24) is 0 Å². The summed E-state index contributed by atoms with van der Waals surface area (Å²) in [6.45, 7) is 7.97. The maximum Gasteiger partial charge on any atom is 0.472 e. The number of aliphatic hydroxyl groups is 9. The Morgan fingerprint density at radius 2 is 0.664 bits per heavy atom.